The summed E-state index contributed by atoms with van der Waals surface area (Å²) < 4.78 is 1.90. The third-order valence-corrected chi connectivity index (χ3v) is 2.21. The van der Waals surface area contributed by atoms with Crippen molar-refractivity contribution < 1.29 is 0 Å². The van der Waals surface area contributed by atoms with E-state index in [-0.39, 0.29) is 0 Å². The molecule has 0 aromatic carbocycles. The van der Waals surface area contributed by atoms with E-state index in [0.717, 1.165) is 13.0 Å². The second-order valence-electron chi connectivity index (χ2n) is 3.96. The summed E-state index contributed by atoms with van der Waals surface area (Å²) in [6, 6.07) is 1.83. The molecule has 68 valence electrons. The van der Waals surface area contributed by atoms with Gasteiger partial charge >= 0.3 is 0 Å². The van der Waals surface area contributed by atoms with Crippen LogP contribution in [0.5, 0.6) is 0 Å². The summed E-state index contributed by atoms with van der Waals surface area (Å²) in [6.07, 6.45) is 3.07. The molecule has 1 heterocycles. The Morgan fingerprint density at radius 1 is 1.58 bits per heavy atom. The molecule has 0 radical (unpaired) electrons. The molecule has 0 atom stereocenters. The minimum absolute atomic E-state index is 0.304. The minimum atomic E-state index is 0.304. The van der Waals surface area contributed by atoms with Gasteiger partial charge in [0, 0.05) is 12.7 Å². The Balaban J connectivity index is 2.63. The lowest BCUT2D eigenvalue weighted by molar-refractivity contribution is 0.281. The van der Waals surface area contributed by atoms with Gasteiger partial charge in [0.05, 0.1) is 0 Å². The van der Waals surface area contributed by atoms with Crippen LogP contribution >= 0.6 is 0 Å². The fraction of sp³-hybridized carbons (Fsp3) is 0.667. The molecule has 3 heteroatoms. The summed E-state index contributed by atoms with van der Waals surface area (Å²) in [5, 5.41) is 4.14. The lowest BCUT2D eigenvalue weighted by atomic mass is 9.90. The summed E-state index contributed by atoms with van der Waals surface area (Å²) in [6.45, 7) is 7.57. The predicted molar refractivity (Wildman–Crippen MR) is 50.7 cm³/mol. The van der Waals surface area contributed by atoms with Crippen molar-refractivity contribution in [3.05, 3.63) is 12.3 Å². The highest BCUT2D eigenvalue weighted by Crippen LogP contribution is 2.21. The predicted octanol–water partition coefficient (Wildman–Crippen LogP) is 1.90. The molecular weight excluding hydrogens is 150 g/mol. The molecule has 1 aromatic rings. The van der Waals surface area contributed by atoms with Crippen LogP contribution in [0, 0.1) is 5.41 Å². The molecule has 0 aliphatic rings. The van der Waals surface area contributed by atoms with Crippen molar-refractivity contribution in [3.8, 4) is 0 Å². The van der Waals surface area contributed by atoms with Gasteiger partial charge in [0.2, 0.25) is 0 Å². The average molecular weight is 167 g/mol. The van der Waals surface area contributed by atoms with Gasteiger partial charge in [-0.05, 0) is 17.9 Å². The second kappa shape index (κ2) is 3.17. The molecule has 0 saturated carbocycles. The smallest absolute Gasteiger partial charge is 0.145 e. The van der Waals surface area contributed by atoms with Gasteiger partial charge in [-0.1, -0.05) is 20.8 Å². The molecule has 12 heavy (non-hydrogen) atoms. The summed E-state index contributed by atoms with van der Waals surface area (Å²) in [4.78, 5) is 0. The van der Waals surface area contributed by atoms with Crippen LogP contribution in [0.25, 0.3) is 0 Å². The molecule has 0 spiro atoms. The molecule has 0 aliphatic carbocycles. The lowest BCUT2D eigenvalue weighted by Gasteiger charge is -2.21. The van der Waals surface area contributed by atoms with Crippen molar-refractivity contribution in [2.24, 2.45) is 5.41 Å². The van der Waals surface area contributed by atoms with Crippen molar-refractivity contribution >= 4 is 5.82 Å². The first-order valence-corrected chi connectivity index (χ1v) is 4.32. The Kier molecular flexibility index (Phi) is 2.40. The van der Waals surface area contributed by atoms with Crippen LogP contribution in [0.1, 0.15) is 27.2 Å². The summed E-state index contributed by atoms with van der Waals surface area (Å²) in [7, 11) is 0. The Morgan fingerprint density at radius 2 is 2.25 bits per heavy atom. The molecule has 0 aliphatic heterocycles. The zero-order valence-electron chi connectivity index (χ0n) is 8.04. The van der Waals surface area contributed by atoms with Gasteiger partial charge < -0.3 is 5.73 Å². The van der Waals surface area contributed by atoms with Crippen molar-refractivity contribution in [1.29, 1.82) is 0 Å². The maximum Gasteiger partial charge on any atom is 0.145 e. The van der Waals surface area contributed by atoms with Gasteiger partial charge in [-0.15, -0.1) is 0 Å². The fourth-order valence-electron chi connectivity index (χ4n) is 1.02. The van der Waals surface area contributed by atoms with E-state index in [2.05, 4.69) is 25.9 Å². The topological polar surface area (TPSA) is 43.8 Å². The van der Waals surface area contributed by atoms with E-state index in [9.17, 15) is 0 Å². The molecule has 0 amide bonds. The van der Waals surface area contributed by atoms with Crippen LogP contribution in [0.4, 0.5) is 5.82 Å². The maximum absolute atomic E-state index is 5.51. The molecular formula is C9H17N3. The standard InChI is InChI=1S/C9H17N3/c1-4-9(2,3)7-12-6-5-8(10)11-12/h5-6H,4,7H2,1-3H3,(H2,10,11). The Labute approximate surface area is 73.6 Å². The van der Waals surface area contributed by atoms with Crippen molar-refractivity contribution in [3.63, 3.8) is 0 Å². The second-order valence-corrected chi connectivity index (χ2v) is 3.96. The normalized spacial score (nSPS) is 11.9. The van der Waals surface area contributed by atoms with Crippen molar-refractivity contribution in [2.45, 2.75) is 33.7 Å². The lowest BCUT2D eigenvalue weighted by Crippen LogP contribution is -2.18. The van der Waals surface area contributed by atoms with E-state index < -0.39 is 0 Å². The van der Waals surface area contributed by atoms with E-state index in [1.807, 2.05) is 16.9 Å². The molecule has 1 rings (SSSR count). The van der Waals surface area contributed by atoms with Crippen LogP contribution in [0.2, 0.25) is 0 Å². The highest BCUT2D eigenvalue weighted by molar-refractivity contribution is 5.23. The average Bonchev–Trinajstić information content (AvgIpc) is 2.35. The zero-order valence-corrected chi connectivity index (χ0v) is 8.04. The molecule has 0 bridgehead atoms. The molecule has 0 fully saturated rings. The third-order valence-electron chi connectivity index (χ3n) is 2.21. The summed E-state index contributed by atoms with van der Waals surface area (Å²) in [5.74, 6) is 0.599. The number of aromatic nitrogens is 2. The van der Waals surface area contributed by atoms with Crippen LogP contribution in [0.3, 0.4) is 0 Å². The highest BCUT2D eigenvalue weighted by Gasteiger charge is 2.15. The first kappa shape index (κ1) is 9.10. The van der Waals surface area contributed by atoms with E-state index in [1.54, 1.807) is 0 Å². The van der Waals surface area contributed by atoms with E-state index >= 15 is 0 Å². The van der Waals surface area contributed by atoms with Crippen LogP contribution in [0.15, 0.2) is 12.3 Å². The molecule has 0 saturated heterocycles. The first-order chi connectivity index (χ1) is 5.53. The summed E-state index contributed by atoms with van der Waals surface area (Å²) in [5.41, 5.74) is 5.81. The largest absolute Gasteiger partial charge is 0.382 e. The third kappa shape index (κ3) is 2.26. The van der Waals surface area contributed by atoms with Gasteiger partial charge in [0.25, 0.3) is 0 Å². The fourth-order valence-corrected chi connectivity index (χ4v) is 1.02. The van der Waals surface area contributed by atoms with Crippen LogP contribution < -0.4 is 5.73 Å². The van der Waals surface area contributed by atoms with Gasteiger partial charge in [-0.2, -0.15) is 5.10 Å². The van der Waals surface area contributed by atoms with Gasteiger partial charge in [0.1, 0.15) is 5.82 Å². The number of hydrogen-bond acceptors (Lipinski definition) is 2. The van der Waals surface area contributed by atoms with Crippen LogP contribution in [-0.2, 0) is 6.54 Å². The number of nitrogens with two attached hydrogens (primary N) is 1. The molecule has 2 N–H and O–H groups in total. The Bertz CT molecular complexity index is 250. The van der Waals surface area contributed by atoms with Gasteiger partial charge in [-0.25, -0.2) is 0 Å². The number of nitrogens with zero attached hydrogens (tertiary/aromatic N) is 2. The van der Waals surface area contributed by atoms with Gasteiger partial charge in [0.15, 0.2) is 0 Å². The monoisotopic (exact) mass is 167 g/mol. The first-order valence-electron chi connectivity index (χ1n) is 4.32. The molecule has 3 nitrogen and oxygen atoms in total. The van der Waals surface area contributed by atoms with Gasteiger partial charge in [-0.3, -0.25) is 4.68 Å². The highest BCUT2D eigenvalue weighted by atomic mass is 15.3. The van der Waals surface area contributed by atoms with E-state index in [0.29, 0.717) is 11.2 Å². The SMILES string of the molecule is CCC(C)(C)Cn1ccc(N)n1. The maximum atomic E-state index is 5.51. The number of rotatable bonds is 3. The van der Waals surface area contributed by atoms with E-state index in [4.69, 9.17) is 5.73 Å². The van der Waals surface area contributed by atoms with Crippen molar-refractivity contribution in [1.82, 2.24) is 9.78 Å². The number of nitrogen functional groups attached to an aromatic ring is 1. The van der Waals surface area contributed by atoms with Crippen LogP contribution in [-0.4, -0.2) is 9.78 Å². The Hall–Kier alpha value is -0.990. The molecule has 1 aromatic heterocycles. The van der Waals surface area contributed by atoms with Crippen molar-refractivity contribution in [2.75, 3.05) is 5.73 Å². The number of hydrogen-bond donors (Lipinski definition) is 1. The molecule has 0 unspecified atom stereocenters. The Morgan fingerprint density at radius 3 is 2.67 bits per heavy atom. The minimum Gasteiger partial charge on any atom is -0.382 e. The zero-order chi connectivity index (χ0) is 9.19. The van der Waals surface area contributed by atoms with E-state index in [1.165, 1.54) is 0 Å². The quantitative estimate of drug-likeness (QED) is 0.747. The number of anilines is 1. The summed E-state index contributed by atoms with van der Waals surface area (Å²) >= 11 is 0.